The summed E-state index contributed by atoms with van der Waals surface area (Å²) in [6.45, 7) is 0.171. The summed E-state index contributed by atoms with van der Waals surface area (Å²) in [6.07, 6.45) is 6.45. The zero-order chi connectivity index (χ0) is 29.9. The zero-order valence-electron chi connectivity index (χ0n) is 22.1. The first kappa shape index (κ1) is 29.2. The summed E-state index contributed by atoms with van der Waals surface area (Å²) in [7, 11) is -4.04. The van der Waals surface area contributed by atoms with Gasteiger partial charge in [-0.15, -0.1) is 0 Å². The largest absolute Gasteiger partial charge is 0.366 e. The summed E-state index contributed by atoms with van der Waals surface area (Å²) in [5.74, 6) is -1.57. The molecule has 15 heteroatoms. The van der Waals surface area contributed by atoms with Gasteiger partial charge in [0.25, 0.3) is 5.91 Å². The average molecular weight is 657 g/mol. The number of halogens is 1. The van der Waals surface area contributed by atoms with Crippen LogP contribution in [-0.4, -0.2) is 57.7 Å². The van der Waals surface area contributed by atoms with Crippen molar-refractivity contribution in [2.45, 2.75) is 31.3 Å². The van der Waals surface area contributed by atoms with Gasteiger partial charge in [0.15, 0.2) is 5.78 Å². The second-order valence-corrected chi connectivity index (χ2v) is 12.2. The Morgan fingerprint density at radius 3 is 2.69 bits per heavy atom. The van der Waals surface area contributed by atoms with Gasteiger partial charge in [-0.05, 0) is 52.7 Å². The summed E-state index contributed by atoms with van der Waals surface area (Å²) in [4.78, 5) is 42.1. The molecule has 218 valence electrons. The van der Waals surface area contributed by atoms with E-state index in [0.29, 0.717) is 32.6 Å². The highest BCUT2D eigenvalue weighted by molar-refractivity contribution is 9.10. The molecule has 1 aromatic carbocycles. The topological polar surface area (TPSA) is 183 Å². The smallest absolute Gasteiger partial charge is 0.319 e. The molecule has 42 heavy (non-hydrogen) atoms. The van der Waals surface area contributed by atoms with Crippen molar-refractivity contribution in [1.82, 2.24) is 24.3 Å². The molecule has 0 aliphatic carbocycles. The number of pyridine rings is 1. The van der Waals surface area contributed by atoms with Gasteiger partial charge in [0.1, 0.15) is 22.4 Å². The number of nitrogens with two attached hydrogens (primary N) is 1. The number of urea groups is 1. The number of carbonyl (C=O) groups is 3. The summed E-state index contributed by atoms with van der Waals surface area (Å²) >= 11 is 3.29. The van der Waals surface area contributed by atoms with Gasteiger partial charge in [0.05, 0.1) is 24.6 Å². The quantitative estimate of drug-likeness (QED) is 0.172. The first-order chi connectivity index (χ1) is 20.1. The van der Waals surface area contributed by atoms with Crippen LogP contribution >= 0.6 is 15.9 Å². The van der Waals surface area contributed by atoms with E-state index in [1.807, 2.05) is 0 Å². The number of hydrogen-bond acceptors (Lipinski definition) is 8. The number of fused-ring (bicyclic) bond motifs is 1. The van der Waals surface area contributed by atoms with Gasteiger partial charge in [-0.3, -0.25) is 9.59 Å². The number of nitrogens with zero attached hydrogens (tertiary/aromatic N) is 4. The molecule has 0 unspecified atom stereocenters. The van der Waals surface area contributed by atoms with Crippen molar-refractivity contribution in [2.75, 3.05) is 11.9 Å². The third-order valence-corrected chi connectivity index (χ3v) is 8.81. The van der Waals surface area contributed by atoms with Crippen LogP contribution in [0, 0.1) is 0 Å². The van der Waals surface area contributed by atoms with Gasteiger partial charge in [0.2, 0.25) is 10.0 Å². The van der Waals surface area contributed by atoms with Gasteiger partial charge in [-0.25, -0.2) is 18.2 Å². The van der Waals surface area contributed by atoms with Crippen LogP contribution in [0.25, 0.3) is 10.9 Å². The molecule has 1 aliphatic heterocycles. The molecule has 0 fully saturated rings. The Kier molecular flexibility index (Phi) is 8.51. The van der Waals surface area contributed by atoms with Crippen LogP contribution in [0.2, 0.25) is 0 Å². The molecule has 3 amide bonds. The summed E-state index contributed by atoms with van der Waals surface area (Å²) in [5.41, 5.74) is 7.52. The summed E-state index contributed by atoms with van der Waals surface area (Å²) in [6, 6.07) is 10.1. The average Bonchev–Trinajstić information content (AvgIpc) is 3.60. The van der Waals surface area contributed by atoms with Crippen molar-refractivity contribution in [2.24, 2.45) is 5.73 Å². The number of primary amides is 1. The summed E-state index contributed by atoms with van der Waals surface area (Å²) in [5, 5.41) is 9.37. The van der Waals surface area contributed by atoms with E-state index in [2.05, 4.69) is 36.7 Å². The Morgan fingerprint density at radius 1 is 1.12 bits per heavy atom. The maximum absolute atomic E-state index is 13.7. The number of rotatable bonds is 10. The number of aromatic nitrogens is 3. The molecular weight excluding hydrogens is 630 g/mol. The maximum atomic E-state index is 13.7. The van der Waals surface area contributed by atoms with Crippen molar-refractivity contribution in [1.29, 1.82) is 0 Å². The fraction of sp³-hybridized carbons (Fsp3) is 0.222. The molecule has 4 heterocycles. The van der Waals surface area contributed by atoms with Crippen molar-refractivity contribution in [3.63, 3.8) is 0 Å². The predicted molar refractivity (Wildman–Crippen MR) is 157 cm³/mol. The fourth-order valence-electron chi connectivity index (χ4n) is 4.70. The molecule has 1 aliphatic rings. The molecule has 1 atom stereocenters. The second kappa shape index (κ2) is 12.3. The monoisotopic (exact) mass is 655 g/mol. The molecule has 0 spiro atoms. The molecule has 0 radical (unpaired) electrons. The third kappa shape index (κ3) is 6.58. The lowest BCUT2D eigenvalue weighted by molar-refractivity contribution is -0.122. The molecule has 0 saturated carbocycles. The molecular formula is C27H26BrN7O6S. The highest BCUT2D eigenvalue weighted by Gasteiger charge is 2.35. The van der Waals surface area contributed by atoms with Crippen molar-refractivity contribution >= 4 is 60.3 Å². The van der Waals surface area contributed by atoms with Crippen LogP contribution in [-0.2, 0) is 33.7 Å². The third-order valence-electron chi connectivity index (χ3n) is 6.64. The lowest BCUT2D eigenvalue weighted by Gasteiger charge is -2.31. The highest BCUT2D eigenvalue weighted by atomic mass is 79.9. The maximum Gasteiger partial charge on any atom is 0.319 e. The fourth-order valence-corrected chi connectivity index (χ4v) is 6.69. The first-order valence-electron chi connectivity index (χ1n) is 12.8. The van der Waals surface area contributed by atoms with Gasteiger partial charge in [0, 0.05) is 41.1 Å². The van der Waals surface area contributed by atoms with Crippen LogP contribution in [0.15, 0.2) is 76.2 Å². The minimum Gasteiger partial charge on any atom is -0.366 e. The Labute approximate surface area is 248 Å². The van der Waals surface area contributed by atoms with Gasteiger partial charge in [-0.2, -0.15) is 4.31 Å². The molecule has 0 saturated heterocycles. The number of benzene rings is 1. The molecule has 4 aromatic rings. The number of anilines is 1. The standard InChI is InChI=1S/C27H26BrN7O6S/c28-25-6-3-4-17(31-25)13-24(36)23-5-1-2-10-35(23)42(39,40)16-34-15-21(26(29)37)20-12-18(7-8-22(20)34)32-27(38)30-14-19-9-11-41-33-19/h1-4,6-9,11-12,15,23H,5,10,13-14,16H2,(H2,29,37)(H2,30,32,38)/t23-/m0/s1. The van der Waals surface area contributed by atoms with E-state index < -0.39 is 33.9 Å². The van der Waals surface area contributed by atoms with Crippen molar-refractivity contribution in [3.8, 4) is 0 Å². The van der Waals surface area contributed by atoms with Crippen LogP contribution in [0.4, 0.5) is 10.5 Å². The number of ketones is 1. The number of sulfonamides is 1. The van der Waals surface area contributed by atoms with Crippen LogP contribution in [0.3, 0.4) is 0 Å². The molecule has 4 N–H and O–H groups in total. The Morgan fingerprint density at radius 2 is 1.95 bits per heavy atom. The number of nitrogens with one attached hydrogen (secondary N) is 2. The zero-order valence-corrected chi connectivity index (χ0v) is 24.5. The molecule has 3 aromatic heterocycles. The summed E-state index contributed by atoms with van der Waals surface area (Å²) < 4.78 is 35.3. The number of hydrogen-bond donors (Lipinski definition) is 3. The lowest BCUT2D eigenvalue weighted by Crippen LogP contribution is -2.48. The molecule has 13 nitrogen and oxygen atoms in total. The number of amides is 3. The van der Waals surface area contributed by atoms with E-state index in [0.717, 1.165) is 0 Å². The number of Topliss-reactive ketones (excluding diaryl/α,β-unsaturated/α-hetero) is 1. The first-order valence-corrected chi connectivity index (χ1v) is 15.2. The van der Waals surface area contributed by atoms with Gasteiger partial charge in [-0.1, -0.05) is 23.4 Å². The van der Waals surface area contributed by atoms with E-state index in [9.17, 15) is 22.8 Å². The Balaban J connectivity index is 1.36. The molecule has 0 bridgehead atoms. The van der Waals surface area contributed by atoms with Crippen LogP contribution < -0.4 is 16.4 Å². The number of carbonyl (C=O) groups excluding carboxylic acids is 3. The minimum atomic E-state index is -4.04. The van der Waals surface area contributed by atoms with E-state index in [1.165, 1.54) is 27.4 Å². The van der Waals surface area contributed by atoms with Crippen LogP contribution in [0.1, 0.15) is 28.2 Å². The van der Waals surface area contributed by atoms with E-state index >= 15 is 0 Å². The minimum absolute atomic E-state index is 0.0236. The highest BCUT2D eigenvalue weighted by Crippen LogP contribution is 2.27. The SMILES string of the molecule is NC(=O)c1cn(CS(=O)(=O)N2CC=CC[C@H]2C(=O)Cc2cccc(Br)n2)c2ccc(NC(=O)NCc3ccon3)cc12. The molecule has 5 rings (SSSR count). The van der Waals surface area contributed by atoms with Crippen molar-refractivity contribution < 1.29 is 27.3 Å². The van der Waals surface area contributed by atoms with Crippen LogP contribution in [0.5, 0.6) is 0 Å². The van der Waals surface area contributed by atoms with E-state index in [-0.39, 0.29) is 37.3 Å². The second-order valence-electron chi connectivity index (χ2n) is 9.54. The van der Waals surface area contributed by atoms with Gasteiger partial charge < -0.3 is 25.5 Å². The van der Waals surface area contributed by atoms with E-state index in [4.69, 9.17) is 10.3 Å². The Hall–Kier alpha value is -4.34. The Bertz CT molecular complexity index is 1790. The van der Waals surface area contributed by atoms with Gasteiger partial charge >= 0.3 is 6.03 Å². The lowest BCUT2D eigenvalue weighted by atomic mass is 10.0. The van der Waals surface area contributed by atoms with E-state index in [1.54, 1.807) is 48.6 Å². The van der Waals surface area contributed by atoms with Crippen molar-refractivity contribution in [3.05, 3.63) is 88.6 Å². The predicted octanol–water partition coefficient (Wildman–Crippen LogP) is 2.94. The normalized spacial score (nSPS) is 15.5.